The van der Waals surface area contributed by atoms with Crippen molar-refractivity contribution in [3.05, 3.63) is 30.2 Å². The van der Waals surface area contributed by atoms with Gasteiger partial charge in [0.05, 0.1) is 11.7 Å². The number of esters is 1. The third-order valence-electron chi connectivity index (χ3n) is 2.32. The minimum absolute atomic E-state index is 0.183. The smallest absolute Gasteiger partial charge is 0.308 e. The van der Waals surface area contributed by atoms with Crippen LogP contribution in [0.4, 0.5) is 4.39 Å². The van der Waals surface area contributed by atoms with E-state index < -0.39 is 11.8 Å². The minimum Gasteiger partial charge on any atom is -0.424 e. The average molecular weight is 235 g/mol. The monoisotopic (exact) mass is 235 g/mol. The van der Waals surface area contributed by atoms with E-state index in [2.05, 4.69) is 0 Å². The quantitative estimate of drug-likeness (QED) is 0.713. The summed E-state index contributed by atoms with van der Waals surface area (Å²) in [7, 11) is 0. The summed E-state index contributed by atoms with van der Waals surface area (Å²) in [5.74, 6) is -1.02. The third-order valence-corrected chi connectivity index (χ3v) is 2.32. The Labute approximate surface area is 96.6 Å². The van der Waals surface area contributed by atoms with Crippen LogP contribution < -0.4 is 4.74 Å². The number of benzene rings is 1. The number of halogens is 1. The summed E-state index contributed by atoms with van der Waals surface area (Å²) in [6.07, 6.45) is 1.38. The van der Waals surface area contributed by atoms with Gasteiger partial charge in [0.2, 0.25) is 5.91 Å². The summed E-state index contributed by atoms with van der Waals surface area (Å²) in [6.45, 7) is 2.62. The molecule has 1 aromatic carbocycles. The summed E-state index contributed by atoms with van der Waals surface area (Å²) in [6, 6.07) is 3.95. The van der Waals surface area contributed by atoms with Gasteiger partial charge in [0, 0.05) is 19.2 Å². The van der Waals surface area contributed by atoms with Crippen molar-refractivity contribution in [1.29, 1.82) is 0 Å². The molecule has 0 radical (unpaired) electrons. The van der Waals surface area contributed by atoms with E-state index in [1.54, 1.807) is 0 Å². The average Bonchev–Trinajstić information content (AvgIpc) is 2.56. The maximum atomic E-state index is 13.1. The van der Waals surface area contributed by atoms with Gasteiger partial charge in [0.15, 0.2) is 5.75 Å². The lowest BCUT2D eigenvalue weighted by atomic mass is 10.2. The van der Waals surface area contributed by atoms with Crippen LogP contribution in [0.1, 0.15) is 18.6 Å². The SMILES string of the molecule is CC(=O)Oc1cn(C(C)=O)c2ccc(F)cc12. The zero-order valence-corrected chi connectivity index (χ0v) is 9.36. The Kier molecular flexibility index (Phi) is 2.67. The maximum absolute atomic E-state index is 13.1. The molecule has 5 heteroatoms. The van der Waals surface area contributed by atoms with Crippen LogP contribution in [-0.2, 0) is 4.79 Å². The van der Waals surface area contributed by atoms with Gasteiger partial charge in [0.1, 0.15) is 5.82 Å². The molecular formula is C12H10FNO3. The summed E-state index contributed by atoms with van der Waals surface area (Å²) < 4.78 is 19.4. The van der Waals surface area contributed by atoms with Crippen LogP contribution in [-0.4, -0.2) is 16.4 Å². The number of aromatic nitrogens is 1. The van der Waals surface area contributed by atoms with Crippen molar-refractivity contribution in [2.75, 3.05) is 0 Å². The van der Waals surface area contributed by atoms with Gasteiger partial charge < -0.3 is 4.74 Å². The lowest BCUT2D eigenvalue weighted by Crippen LogP contribution is -2.03. The molecule has 0 atom stereocenters. The second kappa shape index (κ2) is 4.01. The molecule has 0 aliphatic rings. The topological polar surface area (TPSA) is 48.3 Å². The Morgan fingerprint density at radius 3 is 2.59 bits per heavy atom. The Morgan fingerprint density at radius 1 is 1.29 bits per heavy atom. The van der Waals surface area contributed by atoms with Gasteiger partial charge in [-0.1, -0.05) is 0 Å². The lowest BCUT2D eigenvalue weighted by molar-refractivity contribution is -0.131. The normalized spacial score (nSPS) is 10.5. The number of carbonyl (C=O) groups is 2. The summed E-state index contributed by atoms with van der Waals surface area (Å²) in [5, 5.41) is 0.399. The fourth-order valence-electron chi connectivity index (χ4n) is 1.67. The number of ether oxygens (including phenoxy) is 1. The van der Waals surface area contributed by atoms with E-state index in [1.807, 2.05) is 0 Å². The first-order chi connectivity index (χ1) is 7.99. The number of nitrogens with zero attached hydrogens (tertiary/aromatic N) is 1. The van der Waals surface area contributed by atoms with E-state index in [4.69, 9.17) is 4.74 Å². The van der Waals surface area contributed by atoms with E-state index in [0.29, 0.717) is 10.9 Å². The van der Waals surface area contributed by atoms with Crippen LogP contribution in [0.25, 0.3) is 10.9 Å². The molecule has 17 heavy (non-hydrogen) atoms. The highest BCUT2D eigenvalue weighted by atomic mass is 19.1. The van der Waals surface area contributed by atoms with Gasteiger partial charge >= 0.3 is 5.97 Å². The molecule has 4 nitrogen and oxygen atoms in total. The highest BCUT2D eigenvalue weighted by molar-refractivity contribution is 5.96. The molecule has 0 N–H and O–H groups in total. The van der Waals surface area contributed by atoms with Crippen molar-refractivity contribution in [3.8, 4) is 5.75 Å². The third kappa shape index (κ3) is 2.04. The minimum atomic E-state index is -0.517. The molecular weight excluding hydrogens is 225 g/mol. The van der Waals surface area contributed by atoms with E-state index in [-0.39, 0.29) is 11.7 Å². The zero-order valence-electron chi connectivity index (χ0n) is 9.36. The van der Waals surface area contributed by atoms with Crippen molar-refractivity contribution in [2.45, 2.75) is 13.8 Å². The van der Waals surface area contributed by atoms with Crippen LogP contribution in [0.5, 0.6) is 5.75 Å². The van der Waals surface area contributed by atoms with Gasteiger partial charge in [-0.3, -0.25) is 14.2 Å². The van der Waals surface area contributed by atoms with E-state index >= 15 is 0 Å². The second-order valence-electron chi connectivity index (χ2n) is 3.64. The first-order valence-corrected chi connectivity index (χ1v) is 4.99. The zero-order chi connectivity index (χ0) is 12.6. The molecule has 0 spiro atoms. The Bertz CT molecular complexity index is 615. The highest BCUT2D eigenvalue weighted by Gasteiger charge is 2.14. The molecule has 88 valence electrons. The molecule has 0 saturated carbocycles. The predicted molar refractivity (Wildman–Crippen MR) is 59.5 cm³/mol. The molecule has 0 aliphatic carbocycles. The van der Waals surface area contributed by atoms with Crippen molar-refractivity contribution in [2.24, 2.45) is 0 Å². The number of hydrogen-bond donors (Lipinski definition) is 0. The molecule has 0 aliphatic heterocycles. The standard InChI is InChI=1S/C12H10FNO3/c1-7(15)14-6-12(17-8(2)16)10-5-9(13)3-4-11(10)14/h3-6H,1-2H3. The summed E-state index contributed by atoms with van der Waals surface area (Å²) in [5.41, 5.74) is 0.509. The molecule has 2 rings (SSSR count). The lowest BCUT2D eigenvalue weighted by Gasteiger charge is -1.98. The molecule has 0 bridgehead atoms. The number of fused-ring (bicyclic) bond motifs is 1. The molecule has 1 heterocycles. The number of rotatable bonds is 1. The van der Waals surface area contributed by atoms with E-state index in [1.165, 1.54) is 42.8 Å². The molecule has 2 aromatic rings. The first-order valence-electron chi connectivity index (χ1n) is 4.99. The molecule has 1 aromatic heterocycles. The van der Waals surface area contributed by atoms with Crippen LogP contribution in [0, 0.1) is 5.82 Å². The second-order valence-corrected chi connectivity index (χ2v) is 3.64. The predicted octanol–water partition coefficient (Wildman–Crippen LogP) is 2.37. The van der Waals surface area contributed by atoms with Gasteiger partial charge in [-0.05, 0) is 18.2 Å². The number of carbonyl (C=O) groups excluding carboxylic acids is 2. The van der Waals surface area contributed by atoms with Crippen molar-refractivity contribution >= 4 is 22.8 Å². The van der Waals surface area contributed by atoms with Crippen molar-refractivity contribution in [3.63, 3.8) is 0 Å². The van der Waals surface area contributed by atoms with Gasteiger partial charge in [-0.15, -0.1) is 0 Å². The van der Waals surface area contributed by atoms with Crippen LogP contribution in [0.2, 0.25) is 0 Å². The van der Waals surface area contributed by atoms with Crippen LogP contribution in [0.3, 0.4) is 0 Å². The van der Waals surface area contributed by atoms with Crippen LogP contribution in [0.15, 0.2) is 24.4 Å². The maximum Gasteiger partial charge on any atom is 0.308 e. The molecule has 0 unspecified atom stereocenters. The molecule has 0 saturated heterocycles. The summed E-state index contributed by atoms with van der Waals surface area (Å²) >= 11 is 0. The fraction of sp³-hybridized carbons (Fsp3) is 0.167. The van der Waals surface area contributed by atoms with Gasteiger partial charge in [-0.25, -0.2) is 4.39 Å². The van der Waals surface area contributed by atoms with E-state index in [0.717, 1.165) is 0 Å². The Hall–Kier alpha value is -2.17. The van der Waals surface area contributed by atoms with Gasteiger partial charge in [-0.2, -0.15) is 0 Å². The van der Waals surface area contributed by atoms with E-state index in [9.17, 15) is 14.0 Å². The summed E-state index contributed by atoms with van der Waals surface area (Å²) in [4.78, 5) is 22.3. The fourth-order valence-corrected chi connectivity index (χ4v) is 1.67. The molecule has 0 fully saturated rings. The molecule has 0 amide bonds. The van der Waals surface area contributed by atoms with Gasteiger partial charge in [0.25, 0.3) is 0 Å². The van der Waals surface area contributed by atoms with Crippen molar-refractivity contribution < 1.29 is 18.7 Å². The van der Waals surface area contributed by atoms with Crippen LogP contribution >= 0.6 is 0 Å². The first kappa shape index (κ1) is 11.3. The van der Waals surface area contributed by atoms with Crippen molar-refractivity contribution in [1.82, 2.24) is 4.57 Å². The largest absolute Gasteiger partial charge is 0.424 e. The Balaban J connectivity index is 2.70. The highest BCUT2D eigenvalue weighted by Crippen LogP contribution is 2.28. The number of hydrogen-bond acceptors (Lipinski definition) is 3. The Morgan fingerprint density at radius 2 is 2.00 bits per heavy atom.